The minimum absolute atomic E-state index is 0.0150. The molecule has 1 aliphatic rings. The molecule has 1 rings (SSSR count). The number of hydrogen-bond acceptors (Lipinski definition) is 3. The van der Waals surface area contributed by atoms with E-state index >= 15 is 0 Å². The van der Waals surface area contributed by atoms with Gasteiger partial charge in [-0.15, -0.1) is 0 Å². The molecule has 0 heterocycles. The van der Waals surface area contributed by atoms with Crippen molar-refractivity contribution < 1.29 is 14.3 Å². The number of methoxy groups -OCH3 is 1. The van der Waals surface area contributed by atoms with E-state index in [2.05, 4.69) is 5.32 Å². The molecular weight excluding hydrogens is 220 g/mol. The third kappa shape index (κ3) is 4.73. The number of amides is 2. The number of carbonyl (C=O) groups excluding carboxylic acids is 2. The number of rotatable bonds is 6. The molecule has 5 nitrogen and oxygen atoms in total. The quantitative estimate of drug-likeness (QED) is 0.692. The minimum atomic E-state index is -0.107. The van der Waals surface area contributed by atoms with Gasteiger partial charge in [0.1, 0.15) is 0 Å². The van der Waals surface area contributed by atoms with Gasteiger partial charge in [0.2, 0.25) is 11.8 Å². The van der Waals surface area contributed by atoms with Crippen LogP contribution < -0.4 is 5.32 Å². The summed E-state index contributed by atoms with van der Waals surface area (Å²) in [6.45, 7) is 2.69. The highest BCUT2D eigenvalue weighted by Gasteiger charge is 2.25. The zero-order valence-electron chi connectivity index (χ0n) is 10.7. The van der Waals surface area contributed by atoms with Gasteiger partial charge in [-0.3, -0.25) is 9.59 Å². The molecule has 17 heavy (non-hydrogen) atoms. The molecule has 0 unspecified atom stereocenters. The first-order chi connectivity index (χ1) is 8.15. The van der Waals surface area contributed by atoms with Crippen molar-refractivity contribution in [3.63, 3.8) is 0 Å². The molecule has 0 spiro atoms. The molecule has 1 N–H and O–H groups in total. The van der Waals surface area contributed by atoms with E-state index in [9.17, 15) is 9.59 Å². The van der Waals surface area contributed by atoms with Crippen molar-refractivity contribution in [2.24, 2.45) is 0 Å². The lowest BCUT2D eigenvalue weighted by Crippen LogP contribution is -2.45. The van der Waals surface area contributed by atoms with Crippen molar-refractivity contribution in [1.82, 2.24) is 10.2 Å². The van der Waals surface area contributed by atoms with Crippen molar-refractivity contribution in [3.8, 4) is 0 Å². The standard InChI is InChI=1S/C12H22N2O3/c1-10(15)14(11-5-3-4-6-11)9-12(16)13-7-8-17-2/h11H,3-9H2,1-2H3,(H,13,16). The number of nitrogens with one attached hydrogen (secondary N) is 1. The van der Waals surface area contributed by atoms with Gasteiger partial charge in [0.15, 0.2) is 0 Å². The van der Waals surface area contributed by atoms with Gasteiger partial charge in [0, 0.05) is 26.6 Å². The highest BCUT2D eigenvalue weighted by atomic mass is 16.5. The maximum Gasteiger partial charge on any atom is 0.239 e. The van der Waals surface area contributed by atoms with Crippen LogP contribution in [0.5, 0.6) is 0 Å². The Bertz CT molecular complexity index is 262. The molecule has 0 aromatic heterocycles. The Labute approximate surface area is 102 Å². The van der Waals surface area contributed by atoms with E-state index in [1.54, 1.807) is 12.0 Å². The number of carbonyl (C=O) groups is 2. The highest BCUT2D eigenvalue weighted by Crippen LogP contribution is 2.23. The van der Waals surface area contributed by atoms with Crippen LogP contribution >= 0.6 is 0 Å². The van der Waals surface area contributed by atoms with Crippen LogP contribution in [0, 0.1) is 0 Å². The van der Waals surface area contributed by atoms with Crippen molar-refractivity contribution in [2.45, 2.75) is 38.6 Å². The summed E-state index contributed by atoms with van der Waals surface area (Å²) in [6.07, 6.45) is 4.34. The second kappa shape index (κ2) is 7.27. The van der Waals surface area contributed by atoms with Crippen LogP contribution in [0.4, 0.5) is 0 Å². The molecule has 0 aliphatic heterocycles. The summed E-state index contributed by atoms with van der Waals surface area (Å²) in [7, 11) is 1.59. The molecule has 0 bridgehead atoms. The third-order valence-corrected chi connectivity index (χ3v) is 3.11. The van der Waals surface area contributed by atoms with E-state index in [0.29, 0.717) is 13.2 Å². The topological polar surface area (TPSA) is 58.6 Å². The Morgan fingerprint density at radius 3 is 2.53 bits per heavy atom. The van der Waals surface area contributed by atoms with E-state index in [0.717, 1.165) is 25.7 Å². The number of ether oxygens (including phenoxy) is 1. The molecule has 1 aliphatic carbocycles. The SMILES string of the molecule is COCCNC(=O)CN(C(C)=O)C1CCCC1. The monoisotopic (exact) mass is 242 g/mol. The van der Waals surface area contributed by atoms with Crippen molar-refractivity contribution >= 4 is 11.8 Å². The van der Waals surface area contributed by atoms with Crippen LogP contribution in [0.2, 0.25) is 0 Å². The van der Waals surface area contributed by atoms with E-state index in [1.165, 1.54) is 6.92 Å². The molecule has 0 atom stereocenters. The maximum atomic E-state index is 11.6. The first kappa shape index (κ1) is 14.0. The van der Waals surface area contributed by atoms with Gasteiger partial charge < -0.3 is 15.0 Å². The van der Waals surface area contributed by atoms with Crippen LogP contribution in [-0.2, 0) is 14.3 Å². The fourth-order valence-corrected chi connectivity index (χ4v) is 2.22. The molecular formula is C12H22N2O3. The first-order valence-corrected chi connectivity index (χ1v) is 6.18. The van der Waals surface area contributed by atoms with Gasteiger partial charge in [0.25, 0.3) is 0 Å². The lowest BCUT2D eigenvalue weighted by Gasteiger charge is -2.27. The molecule has 0 aromatic carbocycles. The summed E-state index contributed by atoms with van der Waals surface area (Å²) in [5.41, 5.74) is 0. The normalized spacial score (nSPS) is 15.9. The van der Waals surface area contributed by atoms with Crippen LogP contribution in [-0.4, -0.2) is 49.6 Å². The van der Waals surface area contributed by atoms with Gasteiger partial charge in [-0.2, -0.15) is 0 Å². The van der Waals surface area contributed by atoms with Gasteiger partial charge in [-0.05, 0) is 12.8 Å². The molecule has 2 amide bonds. The summed E-state index contributed by atoms with van der Waals surface area (Å²) in [6, 6.07) is 0.251. The smallest absolute Gasteiger partial charge is 0.239 e. The van der Waals surface area contributed by atoms with E-state index in [1.807, 2.05) is 0 Å². The lowest BCUT2D eigenvalue weighted by molar-refractivity contribution is -0.136. The Morgan fingerprint density at radius 1 is 1.35 bits per heavy atom. The number of nitrogens with zero attached hydrogens (tertiary/aromatic N) is 1. The van der Waals surface area contributed by atoms with Crippen molar-refractivity contribution in [3.05, 3.63) is 0 Å². The van der Waals surface area contributed by atoms with E-state index < -0.39 is 0 Å². The highest BCUT2D eigenvalue weighted by molar-refractivity contribution is 5.83. The average Bonchev–Trinajstić information content (AvgIpc) is 2.79. The van der Waals surface area contributed by atoms with Crippen LogP contribution in [0.25, 0.3) is 0 Å². The Hall–Kier alpha value is -1.10. The summed E-state index contributed by atoms with van der Waals surface area (Å²) >= 11 is 0. The largest absolute Gasteiger partial charge is 0.383 e. The molecule has 1 fully saturated rings. The predicted molar refractivity (Wildman–Crippen MR) is 64.5 cm³/mol. The Balaban J connectivity index is 2.37. The lowest BCUT2D eigenvalue weighted by atomic mass is 10.2. The number of hydrogen-bond donors (Lipinski definition) is 1. The van der Waals surface area contributed by atoms with E-state index in [-0.39, 0.29) is 24.4 Å². The summed E-state index contributed by atoms with van der Waals surface area (Å²) in [4.78, 5) is 24.8. The van der Waals surface area contributed by atoms with E-state index in [4.69, 9.17) is 4.74 Å². The van der Waals surface area contributed by atoms with Gasteiger partial charge in [-0.25, -0.2) is 0 Å². The molecule has 1 saturated carbocycles. The Morgan fingerprint density at radius 2 is 2.00 bits per heavy atom. The summed E-state index contributed by atoms with van der Waals surface area (Å²) < 4.78 is 4.85. The molecule has 0 aromatic rings. The average molecular weight is 242 g/mol. The van der Waals surface area contributed by atoms with Crippen LogP contribution in [0.1, 0.15) is 32.6 Å². The van der Waals surface area contributed by atoms with Crippen molar-refractivity contribution in [2.75, 3.05) is 26.8 Å². The maximum absolute atomic E-state index is 11.6. The summed E-state index contributed by atoms with van der Waals surface area (Å²) in [5, 5.41) is 2.73. The Kier molecular flexibility index (Phi) is 5.97. The van der Waals surface area contributed by atoms with Gasteiger partial charge in [-0.1, -0.05) is 12.8 Å². The molecule has 0 radical (unpaired) electrons. The van der Waals surface area contributed by atoms with Crippen LogP contribution in [0.3, 0.4) is 0 Å². The first-order valence-electron chi connectivity index (χ1n) is 6.18. The second-order valence-corrected chi connectivity index (χ2v) is 4.43. The van der Waals surface area contributed by atoms with Gasteiger partial charge in [0.05, 0.1) is 13.2 Å². The van der Waals surface area contributed by atoms with Crippen molar-refractivity contribution in [1.29, 1.82) is 0 Å². The summed E-state index contributed by atoms with van der Waals surface area (Å²) in [5.74, 6) is -0.122. The second-order valence-electron chi connectivity index (χ2n) is 4.43. The molecule has 0 saturated heterocycles. The zero-order valence-corrected chi connectivity index (χ0v) is 10.7. The molecule has 98 valence electrons. The fourth-order valence-electron chi connectivity index (χ4n) is 2.22. The zero-order chi connectivity index (χ0) is 12.7. The van der Waals surface area contributed by atoms with Crippen LogP contribution in [0.15, 0.2) is 0 Å². The third-order valence-electron chi connectivity index (χ3n) is 3.11. The predicted octanol–water partition coefficient (Wildman–Crippen LogP) is 0.540. The minimum Gasteiger partial charge on any atom is -0.383 e. The van der Waals surface area contributed by atoms with Gasteiger partial charge >= 0.3 is 0 Å². The fraction of sp³-hybridized carbons (Fsp3) is 0.833. The molecule has 5 heteroatoms.